The Morgan fingerprint density at radius 2 is 1.57 bits per heavy atom. The van der Waals surface area contributed by atoms with E-state index >= 15 is 0 Å². The van der Waals surface area contributed by atoms with Gasteiger partial charge in [-0.25, -0.2) is 0 Å². The van der Waals surface area contributed by atoms with Crippen molar-refractivity contribution in [2.24, 2.45) is 0 Å². The van der Waals surface area contributed by atoms with E-state index in [4.69, 9.17) is 32.7 Å². The smallest absolute Gasteiger partial charge is 0.300 e. The van der Waals surface area contributed by atoms with Crippen LogP contribution in [0.2, 0.25) is 10.0 Å². The zero-order valence-corrected chi connectivity index (χ0v) is 22.1. The average molecular weight is 538 g/mol. The highest BCUT2D eigenvalue weighted by Crippen LogP contribution is 2.45. The molecule has 1 fully saturated rings. The maximum absolute atomic E-state index is 13.5. The lowest BCUT2D eigenvalue weighted by Crippen LogP contribution is -2.29. The number of fused-ring (bicyclic) bond motifs is 1. The molecule has 0 bridgehead atoms. The van der Waals surface area contributed by atoms with Crippen LogP contribution in [0, 0.1) is 0 Å². The van der Waals surface area contributed by atoms with Gasteiger partial charge < -0.3 is 14.6 Å². The van der Waals surface area contributed by atoms with Gasteiger partial charge in [-0.15, -0.1) is 0 Å². The predicted octanol–water partition coefficient (Wildman–Crippen LogP) is 6.69. The van der Waals surface area contributed by atoms with Crippen molar-refractivity contribution in [2.45, 2.75) is 32.2 Å². The van der Waals surface area contributed by atoms with Gasteiger partial charge >= 0.3 is 0 Å². The molecule has 6 nitrogen and oxygen atoms in total. The van der Waals surface area contributed by atoms with E-state index in [2.05, 4.69) is 20.8 Å². The average Bonchev–Trinajstić information content (AvgIpc) is 3.14. The molecule has 1 saturated heterocycles. The normalized spacial score (nSPS) is 18.8. The van der Waals surface area contributed by atoms with Crippen molar-refractivity contribution < 1.29 is 24.2 Å². The second-order valence-electron chi connectivity index (χ2n) is 10.00. The highest BCUT2D eigenvalue weighted by molar-refractivity contribution is 6.51. The first-order valence-corrected chi connectivity index (χ1v) is 12.6. The van der Waals surface area contributed by atoms with Crippen LogP contribution in [0.25, 0.3) is 5.76 Å². The maximum atomic E-state index is 13.5. The summed E-state index contributed by atoms with van der Waals surface area (Å²) >= 11 is 12.2. The number of aliphatic hydroxyl groups is 1. The number of anilines is 1. The Kier molecular flexibility index (Phi) is 6.42. The molecule has 1 N–H and O–H groups in total. The quantitative estimate of drug-likeness (QED) is 0.229. The first-order chi connectivity index (χ1) is 17.6. The van der Waals surface area contributed by atoms with E-state index < -0.39 is 17.7 Å². The van der Waals surface area contributed by atoms with Gasteiger partial charge in [0, 0.05) is 17.3 Å². The van der Waals surface area contributed by atoms with Crippen LogP contribution >= 0.6 is 23.2 Å². The number of benzene rings is 3. The molecule has 5 rings (SSSR count). The number of hydrogen-bond acceptors (Lipinski definition) is 5. The Bertz CT molecular complexity index is 1440. The first-order valence-electron chi connectivity index (χ1n) is 11.8. The number of halogens is 2. The minimum absolute atomic E-state index is 0.0400. The minimum Gasteiger partial charge on any atom is -0.507 e. The van der Waals surface area contributed by atoms with E-state index in [1.165, 1.54) is 17.0 Å². The monoisotopic (exact) mass is 537 g/mol. The van der Waals surface area contributed by atoms with E-state index in [1.54, 1.807) is 24.3 Å². The summed E-state index contributed by atoms with van der Waals surface area (Å²) in [5, 5.41) is 11.9. The Morgan fingerprint density at radius 1 is 0.892 bits per heavy atom. The van der Waals surface area contributed by atoms with Gasteiger partial charge in [-0.05, 0) is 46.9 Å². The topological polar surface area (TPSA) is 76.1 Å². The van der Waals surface area contributed by atoms with Gasteiger partial charge in [-0.3, -0.25) is 14.5 Å². The van der Waals surface area contributed by atoms with Crippen LogP contribution < -0.4 is 14.4 Å². The summed E-state index contributed by atoms with van der Waals surface area (Å²) in [5.41, 5.74) is 2.37. The molecule has 190 valence electrons. The molecule has 0 aromatic heterocycles. The zero-order chi connectivity index (χ0) is 26.5. The molecule has 2 aliphatic rings. The number of rotatable bonds is 3. The van der Waals surface area contributed by atoms with Crippen molar-refractivity contribution in [3.8, 4) is 11.5 Å². The van der Waals surface area contributed by atoms with E-state index in [0.717, 1.165) is 5.56 Å². The Balaban J connectivity index is 1.69. The molecule has 0 saturated carbocycles. The van der Waals surface area contributed by atoms with Crippen LogP contribution in [0.5, 0.6) is 11.5 Å². The summed E-state index contributed by atoms with van der Waals surface area (Å²) in [6, 6.07) is 16.5. The molecule has 2 aliphatic heterocycles. The molecule has 0 aliphatic carbocycles. The van der Waals surface area contributed by atoms with Gasteiger partial charge in [0.1, 0.15) is 19.0 Å². The number of Topliss-reactive ketones (excluding diaryl/α,β-unsaturated/α-hetero) is 1. The highest BCUT2D eigenvalue weighted by Gasteiger charge is 2.47. The van der Waals surface area contributed by atoms with Gasteiger partial charge in [0.25, 0.3) is 11.7 Å². The van der Waals surface area contributed by atoms with Crippen molar-refractivity contribution in [3.05, 3.63) is 93.0 Å². The number of ketones is 1. The SMILES string of the molecule is CC(C)(C)c1ccc(C2/C(=C(\O)c3ccc(Cl)c(Cl)c3)C(=O)C(=O)N2c2ccc3c(c2)OCCO3)cc1. The molecule has 1 amide bonds. The fraction of sp³-hybridized carbons (Fsp3) is 0.241. The summed E-state index contributed by atoms with van der Waals surface area (Å²) in [6.45, 7) is 7.12. The summed E-state index contributed by atoms with van der Waals surface area (Å²) < 4.78 is 11.3. The summed E-state index contributed by atoms with van der Waals surface area (Å²) in [7, 11) is 0. The van der Waals surface area contributed by atoms with Crippen LogP contribution in [0.1, 0.15) is 43.5 Å². The lowest BCUT2D eigenvalue weighted by atomic mass is 9.85. The number of carbonyl (C=O) groups is 2. The summed E-state index contributed by atoms with van der Waals surface area (Å²) in [6.07, 6.45) is 0. The number of nitrogens with zero attached hydrogens (tertiary/aromatic N) is 1. The summed E-state index contributed by atoms with van der Waals surface area (Å²) in [5.74, 6) is -0.848. The van der Waals surface area contributed by atoms with Crippen molar-refractivity contribution in [3.63, 3.8) is 0 Å². The summed E-state index contributed by atoms with van der Waals surface area (Å²) in [4.78, 5) is 28.3. The molecule has 3 aromatic rings. The standard InChI is InChI=1S/C29H25Cl2NO5/c1-29(2,3)18-7-4-16(5-8-18)25-24(26(33)17-6-10-20(30)21(31)14-17)27(34)28(35)32(25)19-9-11-22-23(15-19)37-13-12-36-22/h4-11,14-15,25,33H,12-13H2,1-3H3/b26-24+. The lowest BCUT2D eigenvalue weighted by Gasteiger charge is -2.28. The van der Waals surface area contributed by atoms with Gasteiger partial charge in [0.15, 0.2) is 11.5 Å². The number of hydrogen-bond donors (Lipinski definition) is 1. The van der Waals surface area contributed by atoms with Crippen LogP contribution in [0.4, 0.5) is 5.69 Å². The van der Waals surface area contributed by atoms with Crippen molar-refractivity contribution >= 4 is 46.3 Å². The van der Waals surface area contributed by atoms with Crippen LogP contribution in [0.3, 0.4) is 0 Å². The maximum Gasteiger partial charge on any atom is 0.300 e. The van der Waals surface area contributed by atoms with Gasteiger partial charge in [0.2, 0.25) is 0 Å². The van der Waals surface area contributed by atoms with Crippen molar-refractivity contribution in [1.82, 2.24) is 0 Å². The lowest BCUT2D eigenvalue weighted by molar-refractivity contribution is -0.132. The Hall–Kier alpha value is -3.48. The molecule has 1 unspecified atom stereocenters. The van der Waals surface area contributed by atoms with Gasteiger partial charge in [-0.1, -0.05) is 68.2 Å². The molecular formula is C29H25Cl2NO5. The molecule has 0 spiro atoms. The Morgan fingerprint density at radius 3 is 2.22 bits per heavy atom. The molecule has 1 atom stereocenters. The third-order valence-corrected chi connectivity index (χ3v) is 7.27. The Labute approximate surface area is 225 Å². The van der Waals surface area contributed by atoms with E-state index in [0.29, 0.717) is 41.0 Å². The number of amides is 1. The molecule has 37 heavy (non-hydrogen) atoms. The van der Waals surface area contributed by atoms with Crippen molar-refractivity contribution in [1.29, 1.82) is 0 Å². The van der Waals surface area contributed by atoms with E-state index in [9.17, 15) is 14.7 Å². The molecular weight excluding hydrogens is 513 g/mol. The van der Waals surface area contributed by atoms with Crippen molar-refractivity contribution in [2.75, 3.05) is 18.1 Å². The van der Waals surface area contributed by atoms with Crippen LogP contribution in [0.15, 0.2) is 66.2 Å². The fourth-order valence-electron chi connectivity index (χ4n) is 4.56. The van der Waals surface area contributed by atoms with Gasteiger partial charge in [0.05, 0.1) is 21.7 Å². The molecule has 0 radical (unpaired) electrons. The molecule has 2 heterocycles. The third-order valence-electron chi connectivity index (χ3n) is 6.53. The number of carbonyl (C=O) groups excluding carboxylic acids is 2. The predicted molar refractivity (Wildman–Crippen MR) is 144 cm³/mol. The van der Waals surface area contributed by atoms with Gasteiger partial charge in [-0.2, -0.15) is 0 Å². The highest BCUT2D eigenvalue weighted by atomic mass is 35.5. The number of ether oxygens (including phenoxy) is 2. The number of aliphatic hydroxyl groups excluding tert-OH is 1. The van der Waals surface area contributed by atoms with E-state index in [1.807, 2.05) is 24.3 Å². The molecule has 3 aromatic carbocycles. The second kappa shape index (κ2) is 9.43. The van der Waals surface area contributed by atoms with E-state index in [-0.39, 0.29) is 27.3 Å². The molecule has 8 heteroatoms. The zero-order valence-electron chi connectivity index (χ0n) is 20.5. The minimum atomic E-state index is -0.883. The second-order valence-corrected chi connectivity index (χ2v) is 10.8. The van der Waals surface area contributed by atoms with Crippen LogP contribution in [-0.2, 0) is 15.0 Å². The largest absolute Gasteiger partial charge is 0.507 e. The third kappa shape index (κ3) is 4.56. The fourth-order valence-corrected chi connectivity index (χ4v) is 4.86. The first kappa shape index (κ1) is 25.2. The van der Waals surface area contributed by atoms with Crippen LogP contribution in [-0.4, -0.2) is 30.0 Å².